The zero-order valence-corrected chi connectivity index (χ0v) is 14.9. The van der Waals surface area contributed by atoms with Gasteiger partial charge in [0.05, 0.1) is 31.6 Å². The second kappa shape index (κ2) is 7.77. The largest absolute Gasteiger partial charge is 0.497 e. The number of aliphatic hydroxyl groups excluding tert-OH is 1. The molecule has 2 aromatic rings. The van der Waals surface area contributed by atoms with Gasteiger partial charge in [-0.25, -0.2) is 4.39 Å². The Morgan fingerprint density at radius 3 is 2.78 bits per heavy atom. The summed E-state index contributed by atoms with van der Waals surface area (Å²) in [7, 11) is 2.98. The summed E-state index contributed by atoms with van der Waals surface area (Å²) in [6, 6.07) is 5.67. The molecule has 0 spiro atoms. The number of aromatic nitrogens is 1. The second-order valence-corrected chi connectivity index (χ2v) is 6.06. The van der Waals surface area contributed by atoms with Crippen LogP contribution in [-0.4, -0.2) is 47.1 Å². The standard InChI is InChI=1S/C18H20FN3O5/c1-21-10-13-11(8-17(21)24)7-16(22(18(13)25)27-6-5-23)20-15-4-3-12(26-2)9-14(15)19/h3-4,8-10,16,20,23H,5-7H2,1-2H3. The van der Waals surface area contributed by atoms with E-state index < -0.39 is 17.9 Å². The molecule has 1 unspecified atom stereocenters. The summed E-state index contributed by atoms with van der Waals surface area (Å²) in [6.07, 6.45) is 0.916. The lowest BCUT2D eigenvalue weighted by molar-refractivity contribution is -0.152. The molecule has 2 heterocycles. The molecule has 0 bridgehead atoms. The molecule has 0 saturated heterocycles. The van der Waals surface area contributed by atoms with Gasteiger partial charge in [0.15, 0.2) is 0 Å². The summed E-state index contributed by atoms with van der Waals surface area (Å²) in [6.45, 7) is -0.385. The van der Waals surface area contributed by atoms with Gasteiger partial charge in [-0.3, -0.25) is 14.4 Å². The number of rotatable bonds is 6. The van der Waals surface area contributed by atoms with Crippen LogP contribution in [-0.2, 0) is 18.3 Å². The van der Waals surface area contributed by atoms with E-state index in [0.29, 0.717) is 16.9 Å². The van der Waals surface area contributed by atoms with Crippen molar-refractivity contribution >= 4 is 11.6 Å². The average Bonchev–Trinajstić information content (AvgIpc) is 2.65. The summed E-state index contributed by atoms with van der Waals surface area (Å²) in [5, 5.41) is 13.0. The van der Waals surface area contributed by atoms with Crippen molar-refractivity contribution in [3.05, 3.63) is 57.8 Å². The molecule has 2 N–H and O–H groups in total. The van der Waals surface area contributed by atoms with Gasteiger partial charge in [0.1, 0.15) is 17.7 Å². The van der Waals surface area contributed by atoms with Gasteiger partial charge < -0.3 is 19.7 Å². The molecule has 1 aromatic carbocycles. The quantitative estimate of drug-likeness (QED) is 0.777. The fraction of sp³-hybridized carbons (Fsp3) is 0.333. The molecule has 0 radical (unpaired) electrons. The van der Waals surface area contributed by atoms with E-state index in [9.17, 15) is 14.0 Å². The number of ether oxygens (including phenoxy) is 1. The number of anilines is 1. The maximum atomic E-state index is 14.3. The highest BCUT2D eigenvalue weighted by Gasteiger charge is 2.34. The van der Waals surface area contributed by atoms with E-state index in [-0.39, 0.29) is 30.9 Å². The number of fused-ring (bicyclic) bond motifs is 1. The van der Waals surface area contributed by atoms with Crippen molar-refractivity contribution in [2.75, 3.05) is 25.6 Å². The number of carbonyl (C=O) groups excluding carboxylic acids is 1. The number of benzene rings is 1. The molecule has 0 saturated carbocycles. The van der Waals surface area contributed by atoms with Crippen molar-refractivity contribution < 1.29 is 23.9 Å². The van der Waals surface area contributed by atoms with Gasteiger partial charge in [-0.1, -0.05) is 0 Å². The number of hydroxylamine groups is 2. The number of hydrogen-bond donors (Lipinski definition) is 2. The first-order valence-electron chi connectivity index (χ1n) is 8.31. The van der Waals surface area contributed by atoms with E-state index in [4.69, 9.17) is 14.7 Å². The van der Waals surface area contributed by atoms with E-state index in [1.54, 1.807) is 13.1 Å². The summed E-state index contributed by atoms with van der Waals surface area (Å²) >= 11 is 0. The van der Waals surface area contributed by atoms with E-state index in [2.05, 4.69) is 5.32 Å². The summed E-state index contributed by atoms with van der Waals surface area (Å²) in [5.74, 6) is -0.676. The van der Waals surface area contributed by atoms with Crippen LogP contribution < -0.4 is 15.6 Å². The highest BCUT2D eigenvalue weighted by atomic mass is 19.1. The van der Waals surface area contributed by atoms with E-state index in [1.807, 2.05) is 0 Å². The van der Waals surface area contributed by atoms with Crippen LogP contribution in [0.1, 0.15) is 15.9 Å². The van der Waals surface area contributed by atoms with Crippen LogP contribution in [0.5, 0.6) is 5.75 Å². The van der Waals surface area contributed by atoms with E-state index >= 15 is 0 Å². The molecule has 1 atom stereocenters. The Labute approximate surface area is 154 Å². The van der Waals surface area contributed by atoms with Gasteiger partial charge in [-0.15, -0.1) is 0 Å². The summed E-state index contributed by atoms with van der Waals surface area (Å²) in [4.78, 5) is 30.1. The van der Waals surface area contributed by atoms with Crippen LogP contribution in [0, 0.1) is 5.82 Å². The third-order valence-corrected chi connectivity index (χ3v) is 4.26. The van der Waals surface area contributed by atoms with Gasteiger partial charge in [0.25, 0.3) is 11.5 Å². The van der Waals surface area contributed by atoms with Crippen LogP contribution >= 0.6 is 0 Å². The maximum absolute atomic E-state index is 14.3. The number of halogens is 1. The Hall–Kier alpha value is -2.91. The number of hydrogen-bond acceptors (Lipinski definition) is 6. The SMILES string of the molecule is COc1ccc(NC2Cc3cc(=O)n(C)cc3C(=O)N2OCCO)c(F)c1. The number of nitrogens with zero attached hydrogens (tertiary/aromatic N) is 2. The second-order valence-electron chi connectivity index (χ2n) is 6.06. The molecule has 27 heavy (non-hydrogen) atoms. The van der Waals surface area contributed by atoms with Crippen LogP contribution in [0.15, 0.2) is 35.3 Å². The molecule has 144 valence electrons. The molecule has 0 aliphatic carbocycles. The van der Waals surface area contributed by atoms with Crippen molar-refractivity contribution in [3.8, 4) is 5.75 Å². The van der Waals surface area contributed by atoms with E-state index in [1.165, 1.54) is 36.1 Å². The number of aliphatic hydroxyl groups is 1. The minimum absolute atomic E-state index is 0.101. The maximum Gasteiger partial charge on any atom is 0.281 e. The van der Waals surface area contributed by atoms with Gasteiger partial charge in [-0.2, -0.15) is 5.06 Å². The Balaban J connectivity index is 1.95. The third-order valence-electron chi connectivity index (χ3n) is 4.26. The molecule has 1 amide bonds. The number of aryl methyl sites for hydroxylation is 1. The molecule has 0 fully saturated rings. The number of nitrogens with one attached hydrogen (secondary N) is 1. The fourth-order valence-corrected chi connectivity index (χ4v) is 2.90. The van der Waals surface area contributed by atoms with Crippen LogP contribution in [0.2, 0.25) is 0 Å². The molecule has 9 heteroatoms. The molecule has 8 nitrogen and oxygen atoms in total. The summed E-state index contributed by atoms with van der Waals surface area (Å²) in [5.41, 5.74) is 0.765. The first kappa shape index (κ1) is 18.9. The van der Waals surface area contributed by atoms with Gasteiger partial charge in [0, 0.05) is 31.8 Å². The Bertz CT molecular complexity index is 914. The van der Waals surface area contributed by atoms with E-state index in [0.717, 1.165) is 5.06 Å². The number of pyridine rings is 1. The lowest BCUT2D eigenvalue weighted by Gasteiger charge is -2.36. The van der Waals surface area contributed by atoms with Crippen LogP contribution in [0.3, 0.4) is 0 Å². The lowest BCUT2D eigenvalue weighted by Crippen LogP contribution is -2.50. The fourth-order valence-electron chi connectivity index (χ4n) is 2.90. The van der Waals surface area contributed by atoms with Crippen LogP contribution in [0.25, 0.3) is 0 Å². The molecule has 1 aliphatic rings. The van der Waals surface area contributed by atoms with Gasteiger partial charge in [-0.05, 0) is 17.7 Å². The average molecular weight is 377 g/mol. The van der Waals surface area contributed by atoms with Gasteiger partial charge in [0.2, 0.25) is 0 Å². The molecule has 1 aromatic heterocycles. The Kier molecular flexibility index (Phi) is 5.43. The normalized spacial score (nSPS) is 16.2. The van der Waals surface area contributed by atoms with Gasteiger partial charge >= 0.3 is 0 Å². The predicted octanol–water partition coefficient (Wildman–Crippen LogP) is 0.893. The topological polar surface area (TPSA) is 93.0 Å². The highest BCUT2D eigenvalue weighted by Crippen LogP contribution is 2.26. The van der Waals surface area contributed by atoms with Crippen molar-refractivity contribution in [2.24, 2.45) is 7.05 Å². The first-order valence-corrected chi connectivity index (χ1v) is 8.31. The third kappa shape index (κ3) is 3.79. The minimum Gasteiger partial charge on any atom is -0.497 e. The molecular weight excluding hydrogens is 357 g/mol. The highest BCUT2D eigenvalue weighted by molar-refractivity contribution is 5.96. The van der Waals surface area contributed by atoms with Crippen molar-refractivity contribution in [1.29, 1.82) is 0 Å². The van der Waals surface area contributed by atoms with Crippen molar-refractivity contribution in [3.63, 3.8) is 0 Å². The molecule has 1 aliphatic heterocycles. The number of amides is 1. The predicted molar refractivity (Wildman–Crippen MR) is 95.0 cm³/mol. The lowest BCUT2D eigenvalue weighted by atomic mass is 10.00. The zero-order valence-electron chi connectivity index (χ0n) is 14.9. The monoisotopic (exact) mass is 377 g/mol. The molecular formula is C18H20FN3O5. The summed E-state index contributed by atoms with van der Waals surface area (Å²) < 4.78 is 20.6. The molecule has 3 rings (SSSR count). The number of carbonyl (C=O) groups is 1. The zero-order chi connectivity index (χ0) is 19.6. The Morgan fingerprint density at radius 2 is 2.11 bits per heavy atom. The van der Waals surface area contributed by atoms with Crippen molar-refractivity contribution in [1.82, 2.24) is 9.63 Å². The smallest absolute Gasteiger partial charge is 0.281 e. The minimum atomic E-state index is -0.758. The first-order chi connectivity index (χ1) is 12.9. The van der Waals surface area contributed by atoms with Crippen molar-refractivity contribution in [2.45, 2.75) is 12.6 Å². The van der Waals surface area contributed by atoms with Crippen LogP contribution in [0.4, 0.5) is 10.1 Å². The Morgan fingerprint density at radius 1 is 1.33 bits per heavy atom. The number of methoxy groups -OCH3 is 1.